The van der Waals surface area contributed by atoms with E-state index >= 15 is 0 Å². The summed E-state index contributed by atoms with van der Waals surface area (Å²) in [6, 6.07) is 4.55. The molecule has 1 heterocycles. The zero-order valence-electron chi connectivity index (χ0n) is 10.7. The predicted octanol–water partition coefficient (Wildman–Crippen LogP) is 3.29. The fourth-order valence-electron chi connectivity index (χ4n) is 2.58. The first-order chi connectivity index (χ1) is 8.13. The van der Waals surface area contributed by atoms with Gasteiger partial charge in [-0.25, -0.2) is 0 Å². The Labute approximate surface area is 107 Å². The van der Waals surface area contributed by atoms with Gasteiger partial charge in [-0.15, -0.1) is 11.3 Å². The SMILES string of the molecule is Cc1ccc(CC(=O)NC2CCCC(C)C2)s1. The van der Waals surface area contributed by atoms with Crippen LogP contribution in [0.1, 0.15) is 42.4 Å². The lowest BCUT2D eigenvalue weighted by Gasteiger charge is -2.27. The molecule has 1 aromatic heterocycles. The Hall–Kier alpha value is -0.830. The standard InChI is InChI=1S/C14H21NOS/c1-10-4-3-5-12(8-10)15-14(16)9-13-7-6-11(2)17-13/h6-7,10,12H,3-5,8-9H2,1-2H3,(H,15,16). The highest BCUT2D eigenvalue weighted by Gasteiger charge is 2.20. The van der Waals surface area contributed by atoms with E-state index in [4.69, 9.17) is 0 Å². The van der Waals surface area contributed by atoms with Gasteiger partial charge in [0.05, 0.1) is 6.42 Å². The second-order valence-corrected chi connectivity index (χ2v) is 6.60. The number of hydrogen-bond acceptors (Lipinski definition) is 2. The Bertz CT molecular complexity index is 385. The van der Waals surface area contributed by atoms with Crippen LogP contribution < -0.4 is 5.32 Å². The van der Waals surface area contributed by atoms with Crippen molar-refractivity contribution in [1.82, 2.24) is 5.32 Å². The highest BCUT2D eigenvalue weighted by molar-refractivity contribution is 7.12. The van der Waals surface area contributed by atoms with Gasteiger partial charge in [0, 0.05) is 15.8 Å². The largest absolute Gasteiger partial charge is 0.353 e. The Morgan fingerprint density at radius 3 is 2.94 bits per heavy atom. The van der Waals surface area contributed by atoms with Crippen LogP contribution in [0.3, 0.4) is 0 Å². The van der Waals surface area contributed by atoms with Crippen molar-refractivity contribution in [1.29, 1.82) is 0 Å². The zero-order valence-corrected chi connectivity index (χ0v) is 11.5. The molecule has 0 aliphatic heterocycles. The van der Waals surface area contributed by atoms with Crippen molar-refractivity contribution in [3.8, 4) is 0 Å². The van der Waals surface area contributed by atoms with Crippen molar-refractivity contribution in [2.45, 2.75) is 52.0 Å². The second-order valence-electron chi connectivity index (χ2n) is 5.23. The molecule has 2 nitrogen and oxygen atoms in total. The van der Waals surface area contributed by atoms with E-state index in [2.05, 4.69) is 31.3 Å². The number of rotatable bonds is 3. The van der Waals surface area contributed by atoms with Crippen molar-refractivity contribution >= 4 is 17.2 Å². The molecule has 3 heteroatoms. The van der Waals surface area contributed by atoms with Gasteiger partial charge in [-0.3, -0.25) is 4.79 Å². The van der Waals surface area contributed by atoms with E-state index in [1.165, 1.54) is 22.6 Å². The molecule has 0 bridgehead atoms. The maximum atomic E-state index is 11.9. The Morgan fingerprint density at radius 1 is 1.47 bits per heavy atom. The first-order valence-electron chi connectivity index (χ1n) is 6.48. The second kappa shape index (κ2) is 5.67. The number of aryl methyl sites for hydroxylation is 1. The summed E-state index contributed by atoms with van der Waals surface area (Å²) in [5.41, 5.74) is 0. The first-order valence-corrected chi connectivity index (χ1v) is 7.30. The van der Waals surface area contributed by atoms with Crippen LogP contribution in [0.5, 0.6) is 0 Å². The zero-order chi connectivity index (χ0) is 12.3. The molecule has 1 saturated carbocycles. The third kappa shape index (κ3) is 3.84. The molecule has 0 aromatic carbocycles. The summed E-state index contributed by atoms with van der Waals surface area (Å²) in [4.78, 5) is 14.3. The smallest absolute Gasteiger partial charge is 0.225 e. The summed E-state index contributed by atoms with van der Waals surface area (Å²) in [7, 11) is 0. The molecule has 2 atom stereocenters. The molecule has 1 aliphatic carbocycles. The van der Waals surface area contributed by atoms with Crippen LogP contribution in [0.4, 0.5) is 0 Å². The molecule has 2 unspecified atom stereocenters. The van der Waals surface area contributed by atoms with Crippen molar-refractivity contribution in [2.24, 2.45) is 5.92 Å². The van der Waals surface area contributed by atoms with E-state index in [-0.39, 0.29) is 5.91 Å². The predicted molar refractivity (Wildman–Crippen MR) is 72.3 cm³/mol. The third-order valence-electron chi connectivity index (χ3n) is 3.43. The number of carbonyl (C=O) groups excluding carboxylic acids is 1. The molecule has 17 heavy (non-hydrogen) atoms. The van der Waals surface area contributed by atoms with E-state index in [1.807, 2.05) is 0 Å². The molecule has 1 fully saturated rings. The van der Waals surface area contributed by atoms with E-state index in [0.29, 0.717) is 12.5 Å². The molecule has 1 N–H and O–H groups in total. The molecular formula is C14H21NOS. The van der Waals surface area contributed by atoms with Crippen molar-refractivity contribution in [2.75, 3.05) is 0 Å². The highest BCUT2D eigenvalue weighted by atomic mass is 32.1. The van der Waals surface area contributed by atoms with Crippen LogP contribution >= 0.6 is 11.3 Å². The molecule has 1 amide bonds. The molecule has 0 radical (unpaired) electrons. The van der Waals surface area contributed by atoms with E-state index in [9.17, 15) is 4.79 Å². The average Bonchev–Trinajstić information content (AvgIpc) is 2.63. The topological polar surface area (TPSA) is 29.1 Å². The first kappa shape index (κ1) is 12.6. The Balaban J connectivity index is 1.80. The minimum Gasteiger partial charge on any atom is -0.353 e. The van der Waals surface area contributed by atoms with E-state index in [0.717, 1.165) is 18.8 Å². The van der Waals surface area contributed by atoms with Crippen molar-refractivity contribution in [3.05, 3.63) is 21.9 Å². The maximum absolute atomic E-state index is 11.9. The van der Waals surface area contributed by atoms with Gasteiger partial charge in [0.2, 0.25) is 5.91 Å². The number of amides is 1. The van der Waals surface area contributed by atoms with E-state index in [1.54, 1.807) is 11.3 Å². The lowest BCUT2D eigenvalue weighted by Crippen LogP contribution is -2.38. The fraction of sp³-hybridized carbons (Fsp3) is 0.643. The Morgan fingerprint density at radius 2 is 2.29 bits per heavy atom. The lowest BCUT2D eigenvalue weighted by molar-refractivity contribution is -0.121. The minimum atomic E-state index is 0.186. The van der Waals surface area contributed by atoms with Crippen molar-refractivity contribution < 1.29 is 4.79 Å². The van der Waals surface area contributed by atoms with Crippen molar-refractivity contribution in [3.63, 3.8) is 0 Å². The number of thiophene rings is 1. The number of nitrogens with one attached hydrogen (secondary N) is 1. The average molecular weight is 251 g/mol. The van der Waals surface area contributed by atoms with Gasteiger partial charge in [-0.1, -0.05) is 19.8 Å². The molecule has 0 spiro atoms. The fourth-order valence-corrected chi connectivity index (χ4v) is 3.47. The normalized spacial score (nSPS) is 24.6. The van der Waals surface area contributed by atoms with Gasteiger partial charge in [0.15, 0.2) is 0 Å². The number of hydrogen-bond donors (Lipinski definition) is 1. The number of carbonyl (C=O) groups is 1. The molecular weight excluding hydrogens is 230 g/mol. The van der Waals surface area contributed by atoms with Gasteiger partial charge in [-0.05, 0) is 37.8 Å². The summed E-state index contributed by atoms with van der Waals surface area (Å²) >= 11 is 1.72. The third-order valence-corrected chi connectivity index (χ3v) is 4.43. The molecule has 0 saturated heterocycles. The summed E-state index contributed by atoms with van der Waals surface area (Å²) < 4.78 is 0. The van der Waals surface area contributed by atoms with Gasteiger partial charge < -0.3 is 5.32 Å². The van der Waals surface area contributed by atoms with Crippen LogP contribution in [0, 0.1) is 12.8 Å². The lowest BCUT2D eigenvalue weighted by atomic mass is 9.87. The summed E-state index contributed by atoms with van der Waals surface area (Å²) in [5.74, 6) is 0.948. The van der Waals surface area contributed by atoms with Crippen LogP contribution in [0.2, 0.25) is 0 Å². The molecule has 1 aromatic rings. The molecule has 2 rings (SSSR count). The van der Waals surface area contributed by atoms with Crippen LogP contribution in [0.15, 0.2) is 12.1 Å². The highest BCUT2D eigenvalue weighted by Crippen LogP contribution is 2.23. The van der Waals surface area contributed by atoms with Crippen LogP contribution in [-0.4, -0.2) is 11.9 Å². The Kier molecular flexibility index (Phi) is 4.21. The van der Waals surface area contributed by atoms with Gasteiger partial charge >= 0.3 is 0 Å². The van der Waals surface area contributed by atoms with Gasteiger partial charge in [0.1, 0.15) is 0 Å². The van der Waals surface area contributed by atoms with Gasteiger partial charge in [-0.2, -0.15) is 0 Å². The monoisotopic (exact) mass is 251 g/mol. The summed E-state index contributed by atoms with van der Waals surface area (Å²) in [5, 5.41) is 3.17. The summed E-state index contributed by atoms with van der Waals surface area (Å²) in [6.45, 7) is 4.36. The van der Waals surface area contributed by atoms with E-state index < -0.39 is 0 Å². The minimum absolute atomic E-state index is 0.186. The summed E-state index contributed by atoms with van der Waals surface area (Å²) in [6.07, 6.45) is 5.42. The maximum Gasteiger partial charge on any atom is 0.225 e. The molecule has 94 valence electrons. The molecule has 1 aliphatic rings. The van der Waals surface area contributed by atoms with Crippen LogP contribution in [-0.2, 0) is 11.2 Å². The quantitative estimate of drug-likeness (QED) is 0.877. The van der Waals surface area contributed by atoms with Gasteiger partial charge in [0.25, 0.3) is 0 Å². The van der Waals surface area contributed by atoms with Crippen LogP contribution in [0.25, 0.3) is 0 Å².